The lowest BCUT2D eigenvalue weighted by molar-refractivity contribution is -0.129. The minimum absolute atomic E-state index is 0.276. The molecule has 21 heavy (non-hydrogen) atoms. The molecule has 1 unspecified atom stereocenters. The van der Waals surface area contributed by atoms with E-state index in [-0.39, 0.29) is 5.91 Å². The average molecular weight is 303 g/mol. The maximum Gasteiger partial charge on any atom is 0.224 e. The summed E-state index contributed by atoms with van der Waals surface area (Å²) in [7, 11) is 0. The molecule has 112 valence electrons. The lowest BCUT2D eigenvalue weighted by Crippen LogP contribution is -2.28. The molecule has 0 radical (unpaired) electrons. The number of nitrogens with zero attached hydrogens (tertiary/aromatic N) is 3. The largest absolute Gasteiger partial charge is 0.324 e. The fraction of sp³-hybridized carbons (Fsp3) is 0.500. The van der Waals surface area contributed by atoms with Gasteiger partial charge in [-0.15, -0.1) is 0 Å². The Labute approximate surface area is 129 Å². The minimum atomic E-state index is 0.276. The van der Waals surface area contributed by atoms with Crippen LogP contribution in [0.1, 0.15) is 26.2 Å². The van der Waals surface area contributed by atoms with Crippen LogP contribution in [0, 0.1) is 5.92 Å². The van der Waals surface area contributed by atoms with E-state index in [0.29, 0.717) is 19.0 Å². The number of fused-ring (bicyclic) bond motifs is 1. The van der Waals surface area contributed by atoms with Crippen LogP contribution in [0.4, 0.5) is 0 Å². The van der Waals surface area contributed by atoms with Crippen molar-refractivity contribution in [2.75, 3.05) is 12.8 Å². The Bertz CT molecular complexity index is 652. The van der Waals surface area contributed by atoms with Crippen molar-refractivity contribution in [1.82, 2.24) is 14.5 Å². The molecule has 4 nitrogen and oxygen atoms in total. The zero-order chi connectivity index (χ0) is 14.8. The van der Waals surface area contributed by atoms with Crippen molar-refractivity contribution in [2.45, 2.75) is 38.0 Å². The third-order valence-electron chi connectivity index (χ3n) is 4.11. The van der Waals surface area contributed by atoms with E-state index < -0.39 is 0 Å². The zero-order valence-corrected chi connectivity index (χ0v) is 13.4. The van der Waals surface area contributed by atoms with Gasteiger partial charge in [-0.1, -0.05) is 37.2 Å². The third kappa shape index (κ3) is 2.79. The molecule has 1 amide bonds. The Kier molecular flexibility index (Phi) is 4.19. The van der Waals surface area contributed by atoms with Crippen LogP contribution in [0.15, 0.2) is 29.4 Å². The summed E-state index contributed by atoms with van der Waals surface area (Å²) in [6, 6.07) is 8.13. The van der Waals surface area contributed by atoms with Crippen LogP contribution < -0.4 is 0 Å². The molecule has 1 aromatic carbocycles. The number of amides is 1. The van der Waals surface area contributed by atoms with Crippen molar-refractivity contribution < 1.29 is 4.79 Å². The highest BCUT2D eigenvalue weighted by Gasteiger charge is 2.29. The highest BCUT2D eigenvalue weighted by atomic mass is 32.2. The van der Waals surface area contributed by atoms with Gasteiger partial charge in [-0.3, -0.25) is 4.79 Å². The highest BCUT2D eigenvalue weighted by molar-refractivity contribution is 7.98. The number of benzene rings is 1. The molecule has 1 aromatic heterocycles. The van der Waals surface area contributed by atoms with Gasteiger partial charge in [0.2, 0.25) is 5.91 Å². The first-order chi connectivity index (χ1) is 10.2. The molecule has 3 rings (SSSR count). The second kappa shape index (κ2) is 6.10. The predicted octanol–water partition coefficient (Wildman–Crippen LogP) is 3.36. The average Bonchev–Trinajstić information content (AvgIpc) is 3.01. The van der Waals surface area contributed by atoms with E-state index in [1.165, 1.54) is 0 Å². The maximum atomic E-state index is 12.2. The molecule has 1 aliphatic heterocycles. The van der Waals surface area contributed by atoms with Gasteiger partial charge in [0.1, 0.15) is 0 Å². The number of hydrogen-bond acceptors (Lipinski definition) is 3. The third-order valence-corrected chi connectivity index (χ3v) is 4.78. The number of aromatic nitrogens is 2. The fourth-order valence-corrected chi connectivity index (χ4v) is 3.68. The Hall–Kier alpha value is -1.49. The molecule has 1 saturated heterocycles. The van der Waals surface area contributed by atoms with E-state index >= 15 is 0 Å². The first-order valence-corrected chi connectivity index (χ1v) is 8.72. The van der Waals surface area contributed by atoms with Crippen molar-refractivity contribution in [1.29, 1.82) is 0 Å². The van der Waals surface area contributed by atoms with Gasteiger partial charge in [0.15, 0.2) is 5.16 Å². The Morgan fingerprint density at radius 2 is 2.19 bits per heavy atom. The van der Waals surface area contributed by atoms with Crippen LogP contribution >= 0.6 is 11.8 Å². The number of thioether (sulfide) groups is 1. The van der Waals surface area contributed by atoms with Crippen LogP contribution in [-0.2, 0) is 11.5 Å². The van der Waals surface area contributed by atoms with Crippen LogP contribution in [0.5, 0.6) is 0 Å². The van der Waals surface area contributed by atoms with Crippen LogP contribution in [0.3, 0.4) is 0 Å². The lowest BCUT2D eigenvalue weighted by atomic mass is 10.0. The first kappa shape index (κ1) is 14.4. The molecule has 1 atom stereocenters. The van der Waals surface area contributed by atoms with Gasteiger partial charge in [-0.05, 0) is 30.7 Å². The molecule has 0 saturated carbocycles. The van der Waals surface area contributed by atoms with Gasteiger partial charge in [0.05, 0.1) is 17.7 Å². The molecule has 1 fully saturated rings. The highest BCUT2D eigenvalue weighted by Crippen LogP contribution is 2.26. The molecule has 0 aliphatic carbocycles. The van der Waals surface area contributed by atoms with Crippen molar-refractivity contribution in [3.05, 3.63) is 24.3 Å². The molecule has 0 N–H and O–H groups in total. The summed E-state index contributed by atoms with van der Waals surface area (Å²) in [6.07, 6.45) is 5.02. The summed E-state index contributed by atoms with van der Waals surface area (Å²) in [5.74, 6) is 0.799. The molecule has 0 spiro atoms. The number of carbonyl (C=O) groups is 1. The summed E-state index contributed by atoms with van der Waals surface area (Å²) >= 11 is 1.63. The smallest absolute Gasteiger partial charge is 0.224 e. The minimum Gasteiger partial charge on any atom is -0.324 e. The second-order valence-corrected chi connectivity index (χ2v) is 6.41. The molecule has 5 heteroatoms. The monoisotopic (exact) mass is 303 g/mol. The predicted molar refractivity (Wildman–Crippen MR) is 86.2 cm³/mol. The van der Waals surface area contributed by atoms with E-state index in [0.717, 1.165) is 35.6 Å². The number of rotatable bonds is 5. The Morgan fingerprint density at radius 3 is 2.95 bits per heavy atom. The van der Waals surface area contributed by atoms with Gasteiger partial charge in [0.25, 0.3) is 0 Å². The SMILES string of the molecule is CCCC1CC(=O)N(Cn2c(SC)nc3ccccc32)C1. The fourth-order valence-electron chi connectivity index (χ4n) is 3.11. The Balaban J connectivity index is 1.86. The molecular weight excluding hydrogens is 282 g/mol. The van der Waals surface area contributed by atoms with Gasteiger partial charge >= 0.3 is 0 Å². The second-order valence-electron chi connectivity index (χ2n) is 5.63. The van der Waals surface area contributed by atoms with E-state index in [4.69, 9.17) is 0 Å². The van der Waals surface area contributed by atoms with Crippen molar-refractivity contribution >= 4 is 28.7 Å². The van der Waals surface area contributed by atoms with Crippen molar-refractivity contribution in [2.24, 2.45) is 5.92 Å². The summed E-state index contributed by atoms with van der Waals surface area (Å²) in [5.41, 5.74) is 2.10. The van der Waals surface area contributed by atoms with Gasteiger partial charge < -0.3 is 9.47 Å². The van der Waals surface area contributed by atoms with E-state index in [1.54, 1.807) is 11.8 Å². The van der Waals surface area contributed by atoms with Crippen LogP contribution in [-0.4, -0.2) is 33.2 Å². The molecular formula is C16H21N3OS. The van der Waals surface area contributed by atoms with Crippen LogP contribution in [0.25, 0.3) is 11.0 Å². The number of hydrogen-bond donors (Lipinski definition) is 0. The van der Waals surface area contributed by atoms with Gasteiger partial charge in [-0.2, -0.15) is 0 Å². The molecule has 0 bridgehead atoms. The van der Waals surface area contributed by atoms with E-state index in [1.807, 2.05) is 29.4 Å². The summed E-state index contributed by atoms with van der Waals surface area (Å²) < 4.78 is 2.16. The van der Waals surface area contributed by atoms with Gasteiger partial charge in [-0.25, -0.2) is 4.98 Å². The summed E-state index contributed by atoms with van der Waals surface area (Å²) in [4.78, 5) is 18.8. The zero-order valence-electron chi connectivity index (χ0n) is 12.6. The molecule has 2 heterocycles. The normalized spacial score (nSPS) is 18.9. The van der Waals surface area contributed by atoms with Crippen molar-refractivity contribution in [3.63, 3.8) is 0 Å². The summed E-state index contributed by atoms with van der Waals surface area (Å²) in [5, 5.41) is 0.975. The lowest BCUT2D eigenvalue weighted by Gasteiger charge is -2.19. The number of carbonyl (C=O) groups excluding carboxylic acids is 1. The molecule has 1 aliphatic rings. The topological polar surface area (TPSA) is 38.1 Å². The maximum absolute atomic E-state index is 12.2. The Morgan fingerprint density at radius 1 is 1.38 bits per heavy atom. The van der Waals surface area contributed by atoms with E-state index in [9.17, 15) is 4.79 Å². The molecule has 2 aromatic rings. The number of para-hydroxylation sites is 2. The van der Waals surface area contributed by atoms with E-state index in [2.05, 4.69) is 22.5 Å². The quantitative estimate of drug-likeness (QED) is 0.795. The standard InChI is InChI=1S/C16H21N3OS/c1-3-6-12-9-15(20)18(10-12)11-19-14-8-5-4-7-13(14)17-16(19)21-2/h4-5,7-8,12H,3,6,9-11H2,1-2H3. The first-order valence-electron chi connectivity index (χ1n) is 7.50. The number of likely N-dealkylation sites (tertiary alicyclic amines) is 1. The summed E-state index contributed by atoms with van der Waals surface area (Å²) in [6.45, 7) is 3.69. The van der Waals surface area contributed by atoms with Gasteiger partial charge in [0, 0.05) is 13.0 Å². The van der Waals surface area contributed by atoms with Crippen molar-refractivity contribution in [3.8, 4) is 0 Å². The van der Waals surface area contributed by atoms with Crippen LogP contribution in [0.2, 0.25) is 0 Å². The number of imidazole rings is 1.